The number of carbonyl (C=O) groups excluding carboxylic acids is 1. The molecule has 1 atom stereocenters. The first-order valence-corrected chi connectivity index (χ1v) is 9.59. The number of rotatable bonds is 4. The third kappa shape index (κ3) is 3.17. The van der Waals surface area contributed by atoms with E-state index in [1.165, 1.54) is 17.8 Å². The number of piperidine rings is 1. The van der Waals surface area contributed by atoms with Crippen molar-refractivity contribution in [2.75, 3.05) is 18.4 Å². The fourth-order valence-electron chi connectivity index (χ4n) is 3.47. The highest BCUT2D eigenvalue weighted by Crippen LogP contribution is 2.40. The van der Waals surface area contributed by atoms with E-state index in [1.807, 2.05) is 27.2 Å². The molecule has 2 aromatic rings. The lowest BCUT2D eigenvalue weighted by molar-refractivity contribution is 0.194. The summed E-state index contributed by atoms with van der Waals surface area (Å²) in [5.74, 6) is 2.01. The van der Waals surface area contributed by atoms with Gasteiger partial charge in [-0.3, -0.25) is 5.32 Å². The van der Waals surface area contributed by atoms with Crippen LogP contribution < -0.4 is 5.32 Å². The molecule has 0 radical (unpaired) electrons. The summed E-state index contributed by atoms with van der Waals surface area (Å²) in [6.07, 6.45) is 8.12. The standard InChI is InChI=1S/C17H23N5OS/c1-12(13-2-3-13)22-15(4-7-19-22)20-17(23)21-9-5-14(6-10-21)16-18-8-11-24-16/h4,7-8,11-14H,2-3,5-6,9-10H2,1H3,(H,20,23). The largest absolute Gasteiger partial charge is 0.324 e. The van der Waals surface area contributed by atoms with E-state index in [1.54, 1.807) is 17.5 Å². The van der Waals surface area contributed by atoms with Crippen molar-refractivity contribution in [2.24, 2.45) is 5.92 Å². The second kappa shape index (κ2) is 6.55. The molecular weight excluding hydrogens is 322 g/mol. The maximum absolute atomic E-state index is 12.6. The predicted octanol–water partition coefficient (Wildman–Crippen LogP) is 3.72. The number of urea groups is 1. The first kappa shape index (κ1) is 15.6. The van der Waals surface area contributed by atoms with E-state index in [2.05, 4.69) is 22.3 Å². The normalized spacial score (nSPS) is 20.1. The van der Waals surface area contributed by atoms with Gasteiger partial charge in [-0.05, 0) is 38.5 Å². The summed E-state index contributed by atoms with van der Waals surface area (Å²) >= 11 is 1.71. The molecule has 0 bridgehead atoms. The van der Waals surface area contributed by atoms with Crippen molar-refractivity contribution in [1.29, 1.82) is 0 Å². The highest BCUT2D eigenvalue weighted by atomic mass is 32.1. The van der Waals surface area contributed by atoms with E-state index in [0.717, 1.165) is 31.7 Å². The van der Waals surface area contributed by atoms with Crippen molar-refractivity contribution in [1.82, 2.24) is 19.7 Å². The number of hydrogen-bond acceptors (Lipinski definition) is 4. The molecule has 1 aliphatic carbocycles. The topological polar surface area (TPSA) is 63.1 Å². The number of nitrogens with one attached hydrogen (secondary N) is 1. The van der Waals surface area contributed by atoms with Crippen LogP contribution in [-0.4, -0.2) is 38.8 Å². The number of aromatic nitrogens is 3. The van der Waals surface area contributed by atoms with Gasteiger partial charge in [0.05, 0.1) is 17.2 Å². The van der Waals surface area contributed by atoms with Crippen LogP contribution in [0.5, 0.6) is 0 Å². The van der Waals surface area contributed by atoms with E-state index in [9.17, 15) is 4.79 Å². The summed E-state index contributed by atoms with van der Waals surface area (Å²) < 4.78 is 1.96. The molecule has 1 saturated heterocycles. The van der Waals surface area contributed by atoms with Gasteiger partial charge >= 0.3 is 6.03 Å². The van der Waals surface area contributed by atoms with Gasteiger partial charge in [-0.1, -0.05) is 0 Å². The van der Waals surface area contributed by atoms with Crippen molar-refractivity contribution < 1.29 is 4.79 Å². The molecular formula is C17H23N5OS. The lowest BCUT2D eigenvalue weighted by atomic mass is 9.98. The minimum Gasteiger partial charge on any atom is -0.324 e. The zero-order valence-corrected chi connectivity index (χ0v) is 14.7. The number of anilines is 1. The quantitative estimate of drug-likeness (QED) is 0.918. The minimum atomic E-state index is -0.0164. The number of nitrogens with zero attached hydrogens (tertiary/aromatic N) is 4. The summed E-state index contributed by atoms with van der Waals surface area (Å²) in [7, 11) is 0. The van der Waals surface area contributed by atoms with Crippen molar-refractivity contribution in [3.05, 3.63) is 28.8 Å². The average molecular weight is 345 g/mol. The molecule has 2 fully saturated rings. The summed E-state index contributed by atoms with van der Waals surface area (Å²) in [5.41, 5.74) is 0. The van der Waals surface area contributed by atoms with Gasteiger partial charge in [0.15, 0.2) is 0 Å². The maximum atomic E-state index is 12.6. The SMILES string of the molecule is CC(C1CC1)n1nccc1NC(=O)N1CCC(c2nccs2)CC1. The lowest BCUT2D eigenvalue weighted by Crippen LogP contribution is -2.41. The molecule has 0 aromatic carbocycles. The molecule has 2 aliphatic rings. The molecule has 7 heteroatoms. The predicted molar refractivity (Wildman–Crippen MR) is 94.3 cm³/mol. The Bertz CT molecular complexity index is 686. The fourth-order valence-corrected chi connectivity index (χ4v) is 4.28. The molecule has 1 saturated carbocycles. The Morgan fingerprint density at radius 2 is 2.08 bits per heavy atom. The second-order valence-electron chi connectivity index (χ2n) is 6.80. The van der Waals surface area contributed by atoms with E-state index in [4.69, 9.17) is 0 Å². The molecule has 0 spiro atoms. The van der Waals surface area contributed by atoms with Gasteiger partial charge in [0.1, 0.15) is 5.82 Å². The Balaban J connectivity index is 1.35. The highest BCUT2D eigenvalue weighted by Gasteiger charge is 2.31. The average Bonchev–Trinajstić information content (AvgIpc) is 3.11. The molecule has 1 N–H and O–H groups in total. The van der Waals surface area contributed by atoms with Gasteiger partial charge in [-0.15, -0.1) is 11.3 Å². The van der Waals surface area contributed by atoms with Crippen LogP contribution in [0, 0.1) is 5.92 Å². The first-order chi connectivity index (χ1) is 11.7. The molecule has 6 nitrogen and oxygen atoms in total. The number of likely N-dealkylation sites (tertiary alicyclic amines) is 1. The minimum absolute atomic E-state index is 0.0164. The smallest absolute Gasteiger partial charge is 0.322 e. The van der Waals surface area contributed by atoms with Crippen LogP contribution in [0.1, 0.15) is 49.6 Å². The summed E-state index contributed by atoms with van der Waals surface area (Å²) in [6.45, 7) is 3.74. The Morgan fingerprint density at radius 3 is 2.75 bits per heavy atom. The van der Waals surface area contributed by atoms with E-state index in [0.29, 0.717) is 17.9 Å². The number of amides is 2. The zero-order chi connectivity index (χ0) is 16.5. The molecule has 1 aliphatic heterocycles. The van der Waals surface area contributed by atoms with Crippen LogP contribution in [0.25, 0.3) is 0 Å². The summed E-state index contributed by atoms with van der Waals surface area (Å²) in [4.78, 5) is 18.9. The van der Waals surface area contributed by atoms with Gasteiger partial charge in [0, 0.05) is 36.7 Å². The van der Waals surface area contributed by atoms with Crippen LogP contribution >= 0.6 is 11.3 Å². The first-order valence-electron chi connectivity index (χ1n) is 8.71. The van der Waals surface area contributed by atoms with E-state index >= 15 is 0 Å². The third-order valence-electron chi connectivity index (χ3n) is 5.18. The molecule has 1 unspecified atom stereocenters. The van der Waals surface area contributed by atoms with Crippen molar-refractivity contribution in [3.63, 3.8) is 0 Å². The number of carbonyl (C=O) groups is 1. The Kier molecular flexibility index (Phi) is 4.26. The maximum Gasteiger partial charge on any atom is 0.322 e. The van der Waals surface area contributed by atoms with Crippen LogP contribution in [0.4, 0.5) is 10.6 Å². The second-order valence-corrected chi connectivity index (χ2v) is 7.73. The Morgan fingerprint density at radius 1 is 1.29 bits per heavy atom. The fraction of sp³-hybridized carbons (Fsp3) is 0.588. The van der Waals surface area contributed by atoms with Gasteiger partial charge < -0.3 is 4.90 Å². The van der Waals surface area contributed by atoms with Crippen LogP contribution in [0.3, 0.4) is 0 Å². The molecule has 2 amide bonds. The van der Waals surface area contributed by atoms with Gasteiger partial charge in [-0.25, -0.2) is 14.5 Å². The molecule has 128 valence electrons. The lowest BCUT2D eigenvalue weighted by Gasteiger charge is -2.31. The van der Waals surface area contributed by atoms with Gasteiger partial charge in [0.2, 0.25) is 0 Å². The monoisotopic (exact) mass is 345 g/mol. The van der Waals surface area contributed by atoms with E-state index < -0.39 is 0 Å². The highest BCUT2D eigenvalue weighted by molar-refractivity contribution is 7.09. The Labute approximate surface area is 145 Å². The van der Waals surface area contributed by atoms with Crippen molar-refractivity contribution in [3.8, 4) is 0 Å². The van der Waals surface area contributed by atoms with E-state index in [-0.39, 0.29) is 6.03 Å². The third-order valence-corrected chi connectivity index (χ3v) is 6.12. The van der Waals surface area contributed by atoms with Crippen molar-refractivity contribution >= 4 is 23.2 Å². The molecule has 4 rings (SSSR count). The van der Waals surface area contributed by atoms with Gasteiger partial charge in [0.25, 0.3) is 0 Å². The number of hydrogen-bond donors (Lipinski definition) is 1. The van der Waals surface area contributed by atoms with Gasteiger partial charge in [-0.2, -0.15) is 5.10 Å². The van der Waals surface area contributed by atoms with Crippen LogP contribution in [-0.2, 0) is 0 Å². The zero-order valence-electron chi connectivity index (χ0n) is 13.9. The number of thiazole rings is 1. The molecule has 3 heterocycles. The molecule has 24 heavy (non-hydrogen) atoms. The molecule has 2 aromatic heterocycles. The van der Waals surface area contributed by atoms with Crippen LogP contribution in [0.15, 0.2) is 23.8 Å². The summed E-state index contributed by atoms with van der Waals surface area (Å²) in [5, 5.41) is 10.7. The summed E-state index contributed by atoms with van der Waals surface area (Å²) in [6, 6.07) is 2.22. The Hall–Kier alpha value is -1.89. The van der Waals surface area contributed by atoms with Crippen molar-refractivity contribution in [2.45, 2.75) is 44.6 Å². The van der Waals surface area contributed by atoms with Crippen LogP contribution in [0.2, 0.25) is 0 Å².